The Morgan fingerprint density at radius 2 is 2.50 bits per heavy atom. The fourth-order valence-electron chi connectivity index (χ4n) is 0.745. The first-order chi connectivity index (χ1) is 5.83. The van der Waals surface area contributed by atoms with Crippen LogP contribution in [-0.4, -0.2) is 4.98 Å². The molecule has 0 radical (unpaired) electrons. The van der Waals surface area contributed by atoms with E-state index in [1.807, 2.05) is 6.07 Å². The smallest absolute Gasteiger partial charge is 0.126 e. The molecular weight excluding hydrogens is 155 g/mol. The van der Waals surface area contributed by atoms with Gasteiger partial charge < -0.3 is 0 Å². The molecule has 1 aromatic heterocycles. The summed E-state index contributed by atoms with van der Waals surface area (Å²) in [4.78, 5) is 3.88. The number of nitriles is 1. The number of aromatic nitrogens is 1. The maximum absolute atomic E-state index is 12.5. The standard InChI is InChI=1S/C9H7FN2/c10-8-4-6-12-9(7-8)3-1-2-5-11/h1,3-4,6-7H,2H2. The first kappa shape index (κ1) is 8.41. The maximum Gasteiger partial charge on any atom is 0.126 e. The molecule has 0 spiro atoms. The average Bonchev–Trinajstić information content (AvgIpc) is 2.05. The summed E-state index contributed by atoms with van der Waals surface area (Å²) in [7, 11) is 0. The first-order valence-electron chi connectivity index (χ1n) is 3.48. The molecule has 0 saturated carbocycles. The minimum atomic E-state index is -0.318. The van der Waals surface area contributed by atoms with Crippen molar-refractivity contribution in [2.24, 2.45) is 0 Å². The van der Waals surface area contributed by atoms with Gasteiger partial charge in [0.15, 0.2) is 0 Å². The highest BCUT2D eigenvalue weighted by molar-refractivity contribution is 5.44. The lowest BCUT2D eigenvalue weighted by Crippen LogP contribution is -1.81. The number of halogens is 1. The van der Waals surface area contributed by atoms with E-state index >= 15 is 0 Å². The summed E-state index contributed by atoms with van der Waals surface area (Å²) in [6.45, 7) is 0. The Kier molecular flexibility index (Phi) is 2.97. The number of nitrogens with zero attached hydrogens (tertiary/aromatic N) is 2. The molecular formula is C9H7FN2. The minimum Gasteiger partial charge on any atom is -0.257 e. The Balaban J connectivity index is 2.71. The predicted molar refractivity (Wildman–Crippen MR) is 43.5 cm³/mol. The van der Waals surface area contributed by atoms with Crippen LogP contribution in [0, 0.1) is 17.1 Å². The van der Waals surface area contributed by atoms with E-state index in [1.54, 1.807) is 12.2 Å². The Labute approximate surface area is 70.0 Å². The number of rotatable bonds is 2. The van der Waals surface area contributed by atoms with Crippen LogP contribution in [0.2, 0.25) is 0 Å². The number of allylic oxidation sites excluding steroid dienone is 1. The largest absolute Gasteiger partial charge is 0.257 e. The van der Waals surface area contributed by atoms with Crippen molar-refractivity contribution in [2.45, 2.75) is 6.42 Å². The van der Waals surface area contributed by atoms with E-state index in [-0.39, 0.29) is 5.82 Å². The summed E-state index contributed by atoms with van der Waals surface area (Å²) in [5.41, 5.74) is 0.533. The van der Waals surface area contributed by atoms with Crippen molar-refractivity contribution in [2.75, 3.05) is 0 Å². The molecule has 0 aromatic carbocycles. The van der Waals surface area contributed by atoms with E-state index in [0.29, 0.717) is 12.1 Å². The summed E-state index contributed by atoms with van der Waals surface area (Å²) in [6, 6.07) is 4.54. The van der Waals surface area contributed by atoms with Gasteiger partial charge in [-0.15, -0.1) is 0 Å². The lowest BCUT2D eigenvalue weighted by atomic mass is 10.3. The number of hydrogen-bond acceptors (Lipinski definition) is 2. The van der Waals surface area contributed by atoms with Crippen LogP contribution in [0.1, 0.15) is 12.1 Å². The average molecular weight is 162 g/mol. The maximum atomic E-state index is 12.5. The Bertz CT molecular complexity index is 326. The molecule has 1 aromatic rings. The second-order valence-corrected chi connectivity index (χ2v) is 2.16. The molecule has 0 amide bonds. The molecule has 0 saturated heterocycles. The third kappa shape index (κ3) is 2.51. The Hall–Kier alpha value is -1.69. The van der Waals surface area contributed by atoms with Crippen molar-refractivity contribution in [3.8, 4) is 6.07 Å². The van der Waals surface area contributed by atoms with E-state index in [0.717, 1.165) is 0 Å². The number of pyridine rings is 1. The van der Waals surface area contributed by atoms with Crippen molar-refractivity contribution in [1.29, 1.82) is 5.26 Å². The minimum absolute atomic E-state index is 0.318. The molecule has 3 heteroatoms. The topological polar surface area (TPSA) is 36.7 Å². The van der Waals surface area contributed by atoms with Gasteiger partial charge in [-0.3, -0.25) is 4.98 Å². The third-order valence-corrected chi connectivity index (χ3v) is 1.24. The summed E-state index contributed by atoms with van der Waals surface area (Å²) in [5, 5.41) is 8.20. The van der Waals surface area contributed by atoms with Crippen molar-refractivity contribution in [3.63, 3.8) is 0 Å². The number of hydrogen-bond donors (Lipinski definition) is 0. The zero-order valence-corrected chi connectivity index (χ0v) is 6.37. The summed E-state index contributed by atoms with van der Waals surface area (Å²) in [6.07, 6.45) is 4.97. The summed E-state index contributed by atoms with van der Waals surface area (Å²) in [5.74, 6) is -0.318. The zero-order valence-electron chi connectivity index (χ0n) is 6.37. The van der Waals surface area contributed by atoms with Crippen molar-refractivity contribution in [3.05, 3.63) is 35.9 Å². The van der Waals surface area contributed by atoms with Gasteiger partial charge in [-0.25, -0.2) is 4.39 Å². The molecule has 0 unspecified atom stereocenters. The van der Waals surface area contributed by atoms with Gasteiger partial charge in [0.1, 0.15) is 5.82 Å². The molecule has 0 fully saturated rings. The summed E-state index contributed by atoms with van der Waals surface area (Å²) >= 11 is 0. The lowest BCUT2D eigenvalue weighted by Gasteiger charge is -1.90. The predicted octanol–water partition coefficient (Wildman–Crippen LogP) is 2.15. The van der Waals surface area contributed by atoms with Gasteiger partial charge in [-0.1, -0.05) is 6.08 Å². The second-order valence-electron chi connectivity index (χ2n) is 2.16. The van der Waals surface area contributed by atoms with Crippen LogP contribution in [0.5, 0.6) is 0 Å². The van der Waals surface area contributed by atoms with Crippen molar-refractivity contribution in [1.82, 2.24) is 4.98 Å². The van der Waals surface area contributed by atoms with Gasteiger partial charge >= 0.3 is 0 Å². The van der Waals surface area contributed by atoms with Crippen LogP contribution in [0.4, 0.5) is 4.39 Å². The van der Waals surface area contributed by atoms with Crippen LogP contribution in [0.3, 0.4) is 0 Å². The van der Waals surface area contributed by atoms with Crippen molar-refractivity contribution >= 4 is 6.08 Å². The monoisotopic (exact) mass is 162 g/mol. The fraction of sp³-hybridized carbons (Fsp3) is 0.111. The SMILES string of the molecule is N#CCC=Cc1cc(F)ccn1. The third-order valence-electron chi connectivity index (χ3n) is 1.24. The molecule has 0 aliphatic carbocycles. The van der Waals surface area contributed by atoms with Gasteiger partial charge in [0.2, 0.25) is 0 Å². The normalized spacial score (nSPS) is 10.0. The van der Waals surface area contributed by atoms with Crippen LogP contribution in [-0.2, 0) is 0 Å². The first-order valence-corrected chi connectivity index (χ1v) is 3.48. The molecule has 1 rings (SSSR count). The van der Waals surface area contributed by atoms with E-state index in [4.69, 9.17) is 5.26 Å². The van der Waals surface area contributed by atoms with Gasteiger partial charge in [-0.2, -0.15) is 5.26 Å². The molecule has 0 atom stereocenters. The van der Waals surface area contributed by atoms with Crippen LogP contribution >= 0.6 is 0 Å². The van der Waals surface area contributed by atoms with Gasteiger partial charge in [-0.05, 0) is 18.2 Å². The molecule has 0 aliphatic heterocycles. The van der Waals surface area contributed by atoms with Crippen LogP contribution < -0.4 is 0 Å². The molecule has 60 valence electrons. The summed E-state index contributed by atoms with van der Waals surface area (Å²) < 4.78 is 12.5. The van der Waals surface area contributed by atoms with Gasteiger partial charge in [0.05, 0.1) is 18.2 Å². The molecule has 12 heavy (non-hydrogen) atoms. The van der Waals surface area contributed by atoms with Crippen LogP contribution in [0.15, 0.2) is 24.4 Å². The van der Waals surface area contributed by atoms with E-state index in [1.165, 1.54) is 18.3 Å². The fourth-order valence-corrected chi connectivity index (χ4v) is 0.745. The van der Waals surface area contributed by atoms with E-state index in [2.05, 4.69) is 4.98 Å². The quantitative estimate of drug-likeness (QED) is 0.668. The second kappa shape index (κ2) is 4.24. The van der Waals surface area contributed by atoms with Gasteiger partial charge in [0, 0.05) is 6.20 Å². The molecule has 0 N–H and O–H groups in total. The molecule has 0 bridgehead atoms. The lowest BCUT2D eigenvalue weighted by molar-refractivity contribution is 0.625. The van der Waals surface area contributed by atoms with Crippen molar-refractivity contribution < 1.29 is 4.39 Å². The highest BCUT2D eigenvalue weighted by Crippen LogP contribution is 2.01. The highest BCUT2D eigenvalue weighted by Gasteiger charge is 1.90. The van der Waals surface area contributed by atoms with Crippen LogP contribution in [0.25, 0.3) is 6.08 Å². The van der Waals surface area contributed by atoms with Gasteiger partial charge in [0.25, 0.3) is 0 Å². The Morgan fingerprint density at radius 1 is 1.67 bits per heavy atom. The molecule has 0 aliphatic rings. The Morgan fingerprint density at radius 3 is 3.17 bits per heavy atom. The van der Waals surface area contributed by atoms with E-state index in [9.17, 15) is 4.39 Å². The molecule has 1 heterocycles. The zero-order chi connectivity index (χ0) is 8.81. The highest BCUT2D eigenvalue weighted by atomic mass is 19.1. The molecule has 2 nitrogen and oxygen atoms in total. The van der Waals surface area contributed by atoms with E-state index < -0.39 is 0 Å².